The maximum absolute atomic E-state index is 14.0. The molecular formula is C25H20FN3OS2. The van der Waals surface area contributed by atoms with E-state index in [0.29, 0.717) is 27.1 Å². The van der Waals surface area contributed by atoms with Gasteiger partial charge in [0.25, 0.3) is 5.91 Å². The number of rotatable bonds is 7. The molecule has 1 amide bonds. The van der Waals surface area contributed by atoms with Crippen LogP contribution in [0.1, 0.15) is 21.6 Å². The number of aryl methyl sites for hydroxylation is 1. The highest BCUT2D eigenvalue weighted by Crippen LogP contribution is 2.31. The number of halogens is 1. The molecule has 0 saturated heterocycles. The molecule has 1 N–H and O–H groups in total. The number of benzene rings is 3. The van der Waals surface area contributed by atoms with E-state index in [4.69, 9.17) is 0 Å². The molecule has 32 heavy (non-hydrogen) atoms. The predicted octanol–water partition coefficient (Wildman–Crippen LogP) is 6.62. The van der Waals surface area contributed by atoms with Crippen molar-refractivity contribution in [2.45, 2.75) is 27.6 Å². The van der Waals surface area contributed by atoms with E-state index in [0.717, 1.165) is 10.5 Å². The van der Waals surface area contributed by atoms with Crippen LogP contribution in [0.15, 0.2) is 100 Å². The molecule has 0 atom stereocenters. The summed E-state index contributed by atoms with van der Waals surface area (Å²) in [6.07, 6.45) is 1.65. The number of para-hydroxylation sites is 1. The molecule has 0 fully saturated rings. The topological polar surface area (TPSA) is 54.9 Å². The van der Waals surface area contributed by atoms with Crippen molar-refractivity contribution in [3.05, 3.63) is 108 Å². The van der Waals surface area contributed by atoms with Crippen molar-refractivity contribution < 1.29 is 9.18 Å². The first-order chi connectivity index (χ1) is 15.6. The summed E-state index contributed by atoms with van der Waals surface area (Å²) in [6, 6.07) is 23.9. The van der Waals surface area contributed by atoms with Gasteiger partial charge in [-0.25, -0.2) is 14.4 Å². The molecule has 7 heteroatoms. The first kappa shape index (κ1) is 22.0. The average molecular weight is 462 g/mol. The number of amides is 1. The Labute approximate surface area is 194 Å². The number of carbonyl (C=O) groups is 1. The van der Waals surface area contributed by atoms with Crippen molar-refractivity contribution in [2.75, 3.05) is 5.32 Å². The second kappa shape index (κ2) is 10.4. The van der Waals surface area contributed by atoms with Gasteiger partial charge in [-0.3, -0.25) is 4.79 Å². The quantitative estimate of drug-likeness (QED) is 0.248. The first-order valence-corrected chi connectivity index (χ1v) is 11.7. The molecule has 160 valence electrons. The third kappa shape index (κ3) is 5.75. The molecule has 4 nitrogen and oxygen atoms in total. The molecule has 3 aromatic carbocycles. The molecule has 0 radical (unpaired) electrons. The van der Waals surface area contributed by atoms with Crippen LogP contribution in [0, 0.1) is 12.7 Å². The molecule has 0 spiro atoms. The monoisotopic (exact) mass is 461 g/mol. The largest absolute Gasteiger partial charge is 0.321 e. The summed E-state index contributed by atoms with van der Waals surface area (Å²) < 4.78 is 14.0. The molecule has 0 saturated carbocycles. The Kier molecular flexibility index (Phi) is 7.19. The van der Waals surface area contributed by atoms with E-state index >= 15 is 0 Å². The fourth-order valence-electron chi connectivity index (χ4n) is 2.86. The molecule has 1 heterocycles. The number of thioether (sulfide) groups is 1. The van der Waals surface area contributed by atoms with E-state index in [1.54, 1.807) is 24.4 Å². The van der Waals surface area contributed by atoms with Crippen LogP contribution in [0.25, 0.3) is 0 Å². The molecule has 0 bridgehead atoms. The van der Waals surface area contributed by atoms with Crippen LogP contribution in [-0.4, -0.2) is 15.9 Å². The Balaban J connectivity index is 1.60. The normalized spacial score (nSPS) is 10.7. The molecule has 0 unspecified atom stereocenters. The van der Waals surface area contributed by atoms with Crippen LogP contribution < -0.4 is 5.32 Å². The highest BCUT2D eigenvalue weighted by atomic mass is 32.2. The second-order valence-corrected chi connectivity index (χ2v) is 9.04. The second-order valence-electron chi connectivity index (χ2n) is 6.98. The van der Waals surface area contributed by atoms with Crippen molar-refractivity contribution in [1.29, 1.82) is 0 Å². The lowest BCUT2D eigenvalue weighted by molar-refractivity contribution is 0.101. The fraction of sp³-hybridized carbons (Fsp3) is 0.0800. The smallest absolute Gasteiger partial charge is 0.275 e. The standard InChI is InChI=1S/C25H20FN3OS2/c1-17-11-13-20(14-12-17)32-22-15-27-25(31-16-18-7-5-6-10-21(18)26)29-23(22)24(30)28-19-8-3-2-4-9-19/h2-15H,16H2,1H3,(H,28,30). The van der Waals surface area contributed by atoms with Gasteiger partial charge >= 0.3 is 0 Å². The molecule has 0 aliphatic carbocycles. The number of aromatic nitrogens is 2. The number of carbonyl (C=O) groups excluding carboxylic acids is 1. The van der Waals surface area contributed by atoms with Crippen molar-refractivity contribution in [1.82, 2.24) is 9.97 Å². The molecular weight excluding hydrogens is 441 g/mol. The predicted molar refractivity (Wildman–Crippen MR) is 128 cm³/mol. The maximum atomic E-state index is 14.0. The van der Waals surface area contributed by atoms with Crippen LogP contribution in [0.3, 0.4) is 0 Å². The lowest BCUT2D eigenvalue weighted by Gasteiger charge is -2.11. The van der Waals surface area contributed by atoms with E-state index < -0.39 is 0 Å². The number of nitrogens with zero attached hydrogens (tertiary/aromatic N) is 2. The van der Waals surface area contributed by atoms with Gasteiger partial charge in [0, 0.05) is 22.5 Å². The van der Waals surface area contributed by atoms with Crippen LogP contribution in [-0.2, 0) is 5.75 Å². The van der Waals surface area contributed by atoms with Gasteiger partial charge in [0.1, 0.15) is 11.5 Å². The van der Waals surface area contributed by atoms with Crippen molar-refractivity contribution >= 4 is 35.1 Å². The van der Waals surface area contributed by atoms with Crippen LogP contribution in [0.2, 0.25) is 0 Å². The number of nitrogens with one attached hydrogen (secondary N) is 1. The minimum Gasteiger partial charge on any atom is -0.321 e. The zero-order valence-electron chi connectivity index (χ0n) is 17.3. The van der Waals surface area contributed by atoms with E-state index in [1.165, 1.54) is 29.6 Å². The van der Waals surface area contributed by atoms with E-state index in [-0.39, 0.29) is 17.4 Å². The number of hydrogen-bond donors (Lipinski definition) is 1. The minimum atomic E-state index is -0.319. The van der Waals surface area contributed by atoms with Crippen LogP contribution in [0.4, 0.5) is 10.1 Å². The number of anilines is 1. The van der Waals surface area contributed by atoms with Crippen molar-refractivity contribution in [3.63, 3.8) is 0 Å². The van der Waals surface area contributed by atoms with E-state index in [9.17, 15) is 9.18 Å². The van der Waals surface area contributed by atoms with E-state index in [2.05, 4.69) is 15.3 Å². The molecule has 1 aromatic heterocycles. The third-order valence-electron chi connectivity index (χ3n) is 4.54. The zero-order valence-corrected chi connectivity index (χ0v) is 18.9. The fourth-order valence-corrected chi connectivity index (χ4v) is 4.53. The lowest BCUT2D eigenvalue weighted by Crippen LogP contribution is -2.15. The van der Waals surface area contributed by atoms with Gasteiger partial charge in [-0.2, -0.15) is 0 Å². The van der Waals surface area contributed by atoms with Gasteiger partial charge in [0.15, 0.2) is 5.16 Å². The van der Waals surface area contributed by atoms with Gasteiger partial charge in [-0.1, -0.05) is 77.6 Å². The molecule has 0 aliphatic rings. The summed E-state index contributed by atoms with van der Waals surface area (Å²) in [6.45, 7) is 2.03. The summed E-state index contributed by atoms with van der Waals surface area (Å²) >= 11 is 2.72. The summed E-state index contributed by atoms with van der Waals surface area (Å²) in [5, 5.41) is 3.31. The number of hydrogen-bond acceptors (Lipinski definition) is 5. The van der Waals surface area contributed by atoms with Gasteiger partial charge in [-0.05, 0) is 42.8 Å². The zero-order chi connectivity index (χ0) is 22.3. The molecule has 0 aliphatic heterocycles. The Morgan fingerprint density at radius 3 is 2.44 bits per heavy atom. The highest BCUT2D eigenvalue weighted by Gasteiger charge is 2.17. The summed E-state index contributed by atoms with van der Waals surface area (Å²) in [5.41, 5.74) is 2.69. The third-order valence-corrected chi connectivity index (χ3v) is 6.48. The SMILES string of the molecule is Cc1ccc(Sc2cnc(SCc3ccccc3F)nc2C(=O)Nc2ccccc2)cc1. The maximum Gasteiger partial charge on any atom is 0.275 e. The molecule has 4 aromatic rings. The Hall–Kier alpha value is -3.16. The van der Waals surface area contributed by atoms with Gasteiger partial charge < -0.3 is 5.32 Å². The summed E-state index contributed by atoms with van der Waals surface area (Å²) in [7, 11) is 0. The van der Waals surface area contributed by atoms with Crippen LogP contribution in [0.5, 0.6) is 0 Å². The minimum absolute atomic E-state index is 0.270. The average Bonchev–Trinajstić information content (AvgIpc) is 2.81. The Morgan fingerprint density at radius 2 is 1.69 bits per heavy atom. The van der Waals surface area contributed by atoms with Gasteiger partial charge in [0.05, 0.1) is 4.90 Å². The highest BCUT2D eigenvalue weighted by molar-refractivity contribution is 7.99. The Bertz CT molecular complexity index is 1220. The first-order valence-electron chi connectivity index (χ1n) is 9.92. The summed E-state index contributed by atoms with van der Waals surface area (Å²) in [4.78, 5) is 23.7. The van der Waals surface area contributed by atoms with E-state index in [1.807, 2.05) is 61.5 Å². The molecule has 4 rings (SSSR count). The van der Waals surface area contributed by atoms with Gasteiger partial charge in [0.2, 0.25) is 0 Å². The summed E-state index contributed by atoms with van der Waals surface area (Å²) in [5.74, 6) is -0.216. The van der Waals surface area contributed by atoms with Gasteiger partial charge in [-0.15, -0.1) is 0 Å². The van der Waals surface area contributed by atoms with Crippen molar-refractivity contribution in [2.24, 2.45) is 0 Å². The lowest BCUT2D eigenvalue weighted by atomic mass is 10.2. The van der Waals surface area contributed by atoms with Crippen LogP contribution >= 0.6 is 23.5 Å². The Morgan fingerprint density at radius 1 is 0.969 bits per heavy atom. The van der Waals surface area contributed by atoms with Crippen molar-refractivity contribution in [3.8, 4) is 0 Å².